The first-order chi connectivity index (χ1) is 10.7. The SMILES string of the molecule is CN=C(NC1CC1)NC1CC(=O)N(c2cccc(OC)c2)C1.I. The average Bonchev–Trinajstić information content (AvgIpc) is 3.28. The van der Waals surface area contributed by atoms with Crippen molar-refractivity contribution in [2.75, 3.05) is 25.6 Å². The zero-order valence-corrected chi connectivity index (χ0v) is 15.7. The fourth-order valence-electron chi connectivity index (χ4n) is 2.62. The van der Waals surface area contributed by atoms with E-state index in [1.807, 2.05) is 24.3 Å². The highest BCUT2D eigenvalue weighted by atomic mass is 127. The molecular formula is C16H23IN4O2. The summed E-state index contributed by atoms with van der Waals surface area (Å²) in [5.74, 6) is 1.66. The van der Waals surface area contributed by atoms with Gasteiger partial charge in [0.25, 0.3) is 0 Å². The largest absolute Gasteiger partial charge is 0.497 e. The van der Waals surface area contributed by atoms with Crippen molar-refractivity contribution in [1.29, 1.82) is 0 Å². The maximum Gasteiger partial charge on any atom is 0.229 e. The Labute approximate surface area is 153 Å². The highest BCUT2D eigenvalue weighted by Crippen LogP contribution is 2.25. The minimum absolute atomic E-state index is 0. The number of methoxy groups -OCH3 is 1. The van der Waals surface area contributed by atoms with Crippen LogP contribution in [-0.2, 0) is 4.79 Å². The Kier molecular flexibility index (Phi) is 6.09. The number of nitrogens with one attached hydrogen (secondary N) is 2. The van der Waals surface area contributed by atoms with Crippen LogP contribution in [0.2, 0.25) is 0 Å². The lowest BCUT2D eigenvalue weighted by atomic mass is 10.2. The summed E-state index contributed by atoms with van der Waals surface area (Å²) in [6, 6.07) is 8.20. The lowest BCUT2D eigenvalue weighted by Crippen LogP contribution is -2.45. The Balaban J connectivity index is 0.00000192. The van der Waals surface area contributed by atoms with Crippen LogP contribution in [0.3, 0.4) is 0 Å². The molecule has 1 heterocycles. The number of guanidine groups is 1. The second-order valence-corrected chi connectivity index (χ2v) is 5.74. The molecule has 7 heteroatoms. The number of carbonyl (C=O) groups excluding carboxylic acids is 1. The second-order valence-electron chi connectivity index (χ2n) is 5.74. The summed E-state index contributed by atoms with van der Waals surface area (Å²) in [4.78, 5) is 18.3. The van der Waals surface area contributed by atoms with Crippen LogP contribution in [0.4, 0.5) is 5.69 Å². The monoisotopic (exact) mass is 430 g/mol. The van der Waals surface area contributed by atoms with Gasteiger partial charge in [-0.05, 0) is 25.0 Å². The van der Waals surface area contributed by atoms with E-state index in [1.54, 1.807) is 19.1 Å². The molecule has 1 unspecified atom stereocenters. The minimum Gasteiger partial charge on any atom is -0.497 e. The molecule has 1 aliphatic heterocycles. The summed E-state index contributed by atoms with van der Waals surface area (Å²) in [5, 5.41) is 6.69. The van der Waals surface area contributed by atoms with E-state index in [4.69, 9.17) is 4.74 Å². The Morgan fingerprint density at radius 3 is 2.70 bits per heavy atom. The van der Waals surface area contributed by atoms with E-state index >= 15 is 0 Å². The molecule has 1 aromatic carbocycles. The number of benzene rings is 1. The molecular weight excluding hydrogens is 407 g/mol. The van der Waals surface area contributed by atoms with Crippen LogP contribution in [0.15, 0.2) is 29.3 Å². The Morgan fingerprint density at radius 2 is 2.04 bits per heavy atom. The number of carbonyl (C=O) groups is 1. The summed E-state index contributed by atoms with van der Waals surface area (Å²) in [6.07, 6.45) is 2.86. The van der Waals surface area contributed by atoms with Crippen molar-refractivity contribution in [3.8, 4) is 5.75 Å². The number of rotatable bonds is 4. The first-order valence-corrected chi connectivity index (χ1v) is 7.64. The van der Waals surface area contributed by atoms with Crippen molar-refractivity contribution in [2.24, 2.45) is 4.99 Å². The molecule has 1 amide bonds. The van der Waals surface area contributed by atoms with Gasteiger partial charge in [0, 0.05) is 37.8 Å². The van der Waals surface area contributed by atoms with Crippen molar-refractivity contribution >= 4 is 41.5 Å². The summed E-state index contributed by atoms with van der Waals surface area (Å²) in [5.41, 5.74) is 0.874. The standard InChI is InChI=1S/C16H22N4O2.HI/c1-17-16(18-11-6-7-11)19-12-8-15(21)20(10-12)13-4-3-5-14(9-13)22-2;/h3-5,9,11-12H,6-8,10H2,1-2H3,(H2,17,18,19);1H. The molecule has 2 aliphatic rings. The summed E-state index contributed by atoms with van der Waals surface area (Å²) in [6.45, 7) is 0.636. The smallest absolute Gasteiger partial charge is 0.229 e. The number of hydrogen-bond donors (Lipinski definition) is 2. The van der Waals surface area contributed by atoms with Gasteiger partial charge in [0.05, 0.1) is 13.2 Å². The number of halogens is 1. The number of nitrogens with zero attached hydrogens (tertiary/aromatic N) is 2. The van der Waals surface area contributed by atoms with Crippen LogP contribution in [-0.4, -0.2) is 44.7 Å². The van der Waals surface area contributed by atoms with E-state index in [0.29, 0.717) is 19.0 Å². The van der Waals surface area contributed by atoms with Crippen molar-refractivity contribution in [2.45, 2.75) is 31.3 Å². The number of hydrogen-bond acceptors (Lipinski definition) is 3. The zero-order chi connectivity index (χ0) is 15.5. The van der Waals surface area contributed by atoms with Crippen molar-refractivity contribution in [3.05, 3.63) is 24.3 Å². The highest BCUT2D eigenvalue weighted by molar-refractivity contribution is 14.0. The Bertz CT molecular complexity index is 589. The molecule has 6 nitrogen and oxygen atoms in total. The maximum absolute atomic E-state index is 12.3. The van der Waals surface area contributed by atoms with Gasteiger partial charge >= 0.3 is 0 Å². The zero-order valence-electron chi connectivity index (χ0n) is 13.4. The highest BCUT2D eigenvalue weighted by Gasteiger charge is 2.32. The van der Waals surface area contributed by atoms with Crippen LogP contribution in [0.1, 0.15) is 19.3 Å². The molecule has 126 valence electrons. The molecule has 1 saturated carbocycles. The van der Waals surface area contributed by atoms with Gasteiger partial charge in [-0.1, -0.05) is 6.07 Å². The van der Waals surface area contributed by atoms with Crippen LogP contribution >= 0.6 is 24.0 Å². The van der Waals surface area contributed by atoms with Gasteiger partial charge < -0.3 is 20.3 Å². The molecule has 2 fully saturated rings. The number of aliphatic imine (C=N–C) groups is 1. The molecule has 0 spiro atoms. The molecule has 1 aliphatic carbocycles. The molecule has 0 aromatic heterocycles. The fourth-order valence-corrected chi connectivity index (χ4v) is 2.62. The normalized spacial score (nSPS) is 21.0. The van der Waals surface area contributed by atoms with Gasteiger partial charge in [-0.15, -0.1) is 24.0 Å². The Hall–Kier alpha value is -1.51. The number of amides is 1. The van der Waals surface area contributed by atoms with Gasteiger partial charge in [0.2, 0.25) is 5.91 Å². The quantitative estimate of drug-likeness (QED) is 0.434. The van der Waals surface area contributed by atoms with E-state index in [1.165, 1.54) is 12.8 Å². The first-order valence-electron chi connectivity index (χ1n) is 7.64. The maximum atomic E-state index is 12.3. The van der Waals surface area contributed by atoms with E-state index in [-0.39, 0.29) is 35.9 Å². The van der Waals surface area contributed by atoms with Gasteiger partial charge in [0.15, 0.2) is 5.96 Å². The van der Waals surface area contributed by atoms with Crippen LogP contribution < -0.4 is 20.3 Å². The molecule has 2 N–H and O–H groups in total. The van der Waals surface area contributed by atoms with Crippen molar-refractivity contribution in [1.82, 2.24) is 10.6 Å². The van der Waals surface area contributed by atoms with Gasteiger partial charge in [0.1, 0.15) is 5.75 Å². The summed E-state index contributed by atoms with van der Waals surface area (Å²) in [7, 11) is 3.39. The van der Waals surface area contributed by atoms with Crippen molar-refractivity contribution in [3.63, 3.8) is 0 Å². The Morgan fingerprint density at radius 1 is 1.30 bits per heavy atom. The average molecular weight is 430 g/mol. The molecule has 3 rings (SSSR count). The third-order valence-electron chi connectivity index (χ3n) is 3.97. The molecule has 0 bridgehead atoms. The fraction of sp³-hybridized carbons (Fsp3) is 0.500. The summed E-state index contributed by atoms with van der Waals surface area (Å²) >= 11 is 0. The number of anilines is 1. The van der Waals surface area contributed by atoms with Crippen molar-refractivity contribution < 1.29 is 9.53 Å². The first kappa shape index (κ1) is 17.8. The van der Waals surface area contributed by atoms with Crippen LogP contribution in [0.5, 0.6) is 5.75 Å². The van der Waals surface area contributed by atoms with Crippen LogP contribution in [0.25, 0.3) is 0 Å². The minimum atomic E-state index is 0. The van der Waals surface area contributed by atoms with Gasteiger partial charge in [-0.3, -0.25) is 9.79 Å². The van der Waals surface area contributed by atoms with Gasteiger partial charge in [-0.25, -0.2) is 0 Å². The third-order valence-corrected chi connectivity index (χ3v) is 3.97. The third kappa shape index (κ3) is 4.49. The molecule has 0 radical (unpaired) electrons. The summed E-state index contributed by atoms with van der Waals surface area (Å²) < 4.78 is 5.23. The lowest BCUT2D eigenvalue weighted by Gasteiger charge is -2.19. The molecule has 1 saturated heterocycles. The molecule has 1 atom stereocenters. The van der Waals surface area contributed by atoms with Gasteiger partial charge in [-0.2, -0.15) is 0 Å². The lowest BCUT2D eigenvalue weighted by molar-refractivity contribution is -0.117. The molecule has 1 aromatic rings. The topological polar surface area (TPSA) is 66.0 Å². The second kappa shape index (κ2) is 7.85. The van der Waals surface area contributed by atoms with E-state index in [0.717, 1.165) is 17.4 Å². The predicted molar refractivity (Wildman–Crippen MR) is 102 cm³/mol. The van der Waals surface area contributed by atoms with Crippen LogP contribution in [0, 0.1) is 0 Å². The van der Waals surface area contributed by atoms with E-state index in [9.17, 15) is 4.79 Å². The van der Waals surface area contributed by atoms with E-state index < -0.39 is 0 Å². The number of ether oxygens (including phenoxy) is 1. The van der Waals surface area contributed by atoms with E-state index in [2.05, 4.69) is 15.6 Å². The molecule has 23 heavy (non-hydrogen) atoms. The predicted octanol–water partition coefficient (Wildman–Crippen LogP) is 1.75.